The van der Waals surface area contributed by atoms with Crippen LogP contribution < -0.4 is 0 Å². The van der Waals surface area contributed by atoms with Crippen molar-refractivity contribution in [2.24, 2.45) is 0 Å². The van der Waals surface area contributed by atoms with E-state index in [1.165, 1.54) is 23.0 Å². The van der Waals surface area contributed by atoms with Crippen LogP contribution in [0.3, 0.4) is 0 Å². The average Bonchev–Trinajstić information content (AvgIpc) is 2.12. The van der Waals surface area contributed by atoms with Crippen molar-refractivity contribution < 1.29 is 21.7 Å². The van der Waals surface area contributed by atoms with Gasteiger partial charge in [0.2, 0.25) is 0 Å². The van der Waals surface area contributed by atoms with Crippen molar-refractivity contribution in [3.05, 3.63) is 29.3 Å². The van der Waals surface area contributed by atoms with Crippen LogP contribution in [0, 0.1) is 11.6 Å². The second-order valence-corrected chi connectivity index (χ2v) is 2.59. The lowest BCUT2D eigenvalue weighted by molar-refractivity contribution is 0.0799. The van der Waals surface area contributed by atoms with E-state index in [2.05, 4.69) is 3.07 Å². The van der Waals surface area contributed by atoms with Gasteiger partial charge in [-0.3, -0.25) is 0 Å². The monoisotopic (exact) mass is 300 g/mol. The van der Waals surface area contributed by atoms with E-state index >= 15 is 0 Å². The van der Waals surface area contributed by atoms with Gasteiger partial charge in [0.25, 0.3) is 0 Å². The number of carbonyl (C=O) groups is 1. The van der Waals surface area contributed by atoms with E-state index < -0.39 is 23.4 Å². The minimum absolute atomic E-state index is 0.290. The molecule has 70 valence electrons. The summed E-state index contributed by atoms with van der Waals surface area (Å²) in [6, 6.07) is 1.39. The summed E-state index contributed by atoms with van der Waals surface area (Å²) in [6.07, 6.45) is 0. The van der Waals surface area contributed by atoms with Gasteiger partial charge in [-0.1, -0.05) is 0 Å². The van der Waals surface area contributed by atoms with Gasteiger partial charge in [0.15, 0.2) is 40.4 Å². The first kappa shape index (κ1) is 10.2. The summed E-state index contributed by atoms with van der Waals surface area (Å²) in [5.41, 5.74) is -0.290. The smallest absolute Gasteiger partial charge is 0.347 e. The number of aromatic hydroxyl groups is 1. The van der Waals surface area contributed by atoms with E-state index in [4.69, 9.17) is 5.11 Å². The zero-order valence-electron chi connectivity index (χ0n) is 6.05. The number of benzene rings is 1. The molecule has 0 amide bonds. The molecular weight excluding hydrogens is 297 g/mol. The zero-order valence-corrected chi connectivity index (χ0v) is 8.21. The maximum absolute atomic E-state index is 12.6. The van der Waals surface area contributed by atoms with Gasteiger partial charge < -0.3 is 8.17 Å². The Morgan fingerprint density at radius 3 is 2.23 bits per heavy atom. The predicted molar refractivity (Wildman–Crippen MR) is 47.5 cm³/mol. The van der Waals surface area contributed by atoms with E-state index in [0.717, 1.165) is 0 Å². The van der Waals surface area contributed by atoms with Gasteiger partial charge in [-0.15, -0.1) is 0 Å². The summed E-state index contributed by atoms with van der Waals surface area (Å²) in [7, 11) is 0. The van der Waals surface area contributed by atoms with Gasteiger partial charge in [0.05, 0.1) is 5.56 Å². The molecule has 0 spiro atoms. The molecule has 0 aromatic heterocycles. The second-order valence-electron chi connectivity index (χ2n) is 2.15. The highest BCUT2D eigenvalue weighted by Crippen LogP contribution is 2.21. The Morgan fingerprint density at radius 2 is 1.85 bits per heavy atom. The lowest BCUT2D eigenvalue weighted by atomic mass is 10.2. The summed E-state index contributed by atoms with van der Waals surface area (Å²) in [5, 5.41) is 8.68. The maximum Gasteiger partial charge on any atom is 0.347 e. The summed E-state index contributed by atoms with van der Waals surface area (Å²) >= 11 is 1.29. The predicted octanol–water partition coefficient (Wildman–Crippen LogP) is 2.18. The van der Waals surface area contributed by atoms with Crippen molar-refractivity contribution in [1.82, 2.24) is 0 Å². The molecule has 13 heavy (non-hydrogen) atoms. The Hall–Kier alpha value is -0.920. The third-order valence-corrected chi connectivity index (χ3v) is 1.72. The average molecular weight is 300 g/mol. The second kappa shape index (κ2) is 3.86. The van der Waals surface area contributed by atoms with Crippen LogP contribution in [0.5, 0.6) is 5.75 Å². The SMILES string of the molecule is O=C(OI)c1cc(F)c(O)c(F)c1. The zero-order chi connectivity index (χ0) is 10.0. The molecule has 0 saturated heterocycles. The number of carbonyl (C=O) groups excluding carboxylic acids is 1. The molecule has 0 aliphatic heterocycles. The maximum atomic E-state index is 12.6. The minimum atomic E-state index is -1.20. The molecule has 0 radical (unpaired) electrons. The van der Waals surface area contributed by atoms with Crippen molar-refractivity contribution >= 4 is 29.0 Å². The van der Waals surface area contributed by atoms with E-state index in [9.17, 15) is 13.6 Å². The number of rotatable bonds is 1. The molecule has 1 rings (SSSR count). The van der Waals surface area contributed by atoms with Crippen molar-refractivity contribution in [1.29, 1.82) is 0 Å². The fraction of sp³-hybridized carbons (Fsp3) is 0. The van der Waals surface area contributed by atoms with Crippen LogP contribution in [-0.2, 0) is 3.07 Å². The first-order valence-corrected chi connectivity index (χ1v) is 3.95. The summed E-state index contributed by atoms with van der Waals surface area (Å²) < 4.78 is 29.5. The van der Waals surface area contributed by atoms with Gasteiger partial charge in [0.1, 0.15) is 0 Å². The molecule has 0 saturated carbocycles. The van der Waals surface area contributed by atoms with Crippen LogP contribution >= 0.6 is 23.0 Å². The van der Waals surface area contributed by atoms with E-state index in [0.29, 0.717) is 12.1 Å². The van der Waals surface area contributed by atoms with Crippen LogP contribution in [0.4, 0.5) is 8.78 Å². The fourth-order valence-corrected chi connectivity index (χ4v) is 0.982. The Labute approximate surface area is 86.0 Å². The molecule has 3 nitrogen and oxygen atoms in total. The fourth-order valence-electron chi connectivity index (χ4n) is 0.728. The first-order chi connectivity index (χ1) is 6.06. The largest absolute Gasteiger partial charge is 0.503 e. The Kier molecular flexibility index (Phi) is 3.02. The number of hydrogen-bond acceptors (Lipinski definition) is 3. The van der Waals surface area contributed by atoms with Crippen LogP contribution in [0.15, 0.2) is 12.1 Å². The number of phenols is 1. The Bertz CT molecular complexity index is 331. The van der Waals surface area contributed by atoms with Crippen LogP contribution in [0.25, 0.3) is 0 Å². The third kappa shape index (κ3) is 2.06. The highest BCUT2D eigenvalue weighted by Gasteiger charge is 2.14. The molecule has 0 heterocycles. The molecule has 0 fully saturated rings. The lowest BCUT2D eigenvalue weighted by Gasteiger charge is -2.00. The number of phenolic OH excluding ortho intramolecular Hbond substituents is 1. The van der Waals surface area contributed by atoms with Gasteiger partial charge in [0, 0.05) is 0 Å². The quantitative estimate of drug-likeness (QED) is 0.809. The van der Waals surface area contributed by atoms with E-state index in [1.54, 1.807) is 0 Å². The lowest BCUT2D eigenvalue weighted by Crippen LogP contribution is -1.99. The van der Waals surface area contributed by atoms with Crippen molar-refractivity contribution in [2.75, 3.05) is 0 Å². The highest BCUT2D eigenvalue weighted by molar-refractivity contribution is 14.1. The molecule has 1 aromatic rings. The first-order valence-electron chi connectivity index (χ1n) is 3.07. The van der Waals surface area contributed by atoms with Gasteiger partial charge in [-0.05, 0) is 12.1 Å². The summed E-state index contributed by atoms with van der Waals surface area (Å²) in [5.74, 6) is -4.38. The van der Waals surface area contributed by atoms with E-state index in [1.807, 2.05) is 0 Å². The van der Waals surface area contributed by atoms with Gasteiger partial charge >= 0.3 is 5.97 Å². The summed E-state index contributed by atoms with van der Waals surface area (Å²) in [4.78, 5) is 10.8. The highest BCUT2D eigenvalue weighted by atomic mass is 127. The number of hydrogen-bond donors (Lipinski definition) is 1. The molecule has 6 heteroatoms. The van der Waals surface area contributed by atoms with Crippen LogP contribution in [-0.4, -0.2) is 11.1 Å². The van der Waals surface area contributed by atoms with Crippen molar-refractivity contribution in [2.45, 2.75) is 0 Å². The standard InChI is InChI=1S/C7H3F2IO3/c8-4-1-3(7(12)13-10)2-5(9)6(4)11/h1-2,11H. The van der Waals surface area contributed by atoms with Crippen LogP contribution in [0.2, 0.25) is 0 Å². The van der Waals surface area contributed by atoms with Crippen LogP contribution in [0.1, 0.15) is 10.4 Å². The van der Waals surface area contributed by atoms with Crippen molar-refractivity contribution in [3.8, 4) is 5.75 Å². The molecule has 0 aliphatic rings. The molecule has 1 N–H and O–H groups in total. The van der Waals surface area contributed by atoms with Gasteiger partial charge in [-0.25, -0.2) is 13.6 Å². The molecule has 0 unspecified atom stereocenters. The topological polar surface area (TPSA) is 46.5 Å². The van der Waals surface area contributed by atoms with E-state index in [-0.39, 0.29) is 5.56 Å². The third-order valence-electron chi connectivity index (χ3n) is 1.32. The number of halogens is 3. The molecule has 1 aromatic carbocycles. The normalized spacial score (nSPS) is 9.77. The molecule has 0 atom stereocenters. The molecule has 0 bridgehead atoms. The Balaban J connectivity index is 3.20. The van der Waals surface area contributed by atoms with Crippen molar-refractivity contribution in [3.63, 3.8) is 0 Å². The minimum Gasteiger partial charge on any atom is -0.503 e. The molecular formula is C7H3F2IO3. The Morgan fingerprint density at radius 1 is 1.38 bits per heavy atom. The summed E-state index contributed by atoms with van der Waals surface area (Å²) in [6.45, 7) is 0. The molecule has 0 aliphatic carbocycles. The van der Waals surface area contributed by atoms with Gasteiger partial charge in [-0.2, -0.15) is 0 Å².